The number of piperidine rings is 1. The standard InChI is InChI=1S/C12H23N3O2/c1-4-10-8-15(7-6-11(10)14-17)9(3)12(16)13-5-2/h9-10,17H,4-8H2,1-3H3,(H,13,16). The molecule has 1 aliphatic heterocycles. The molecule has 1 rings (SSSR count). The lowest BCUT2D eigenvalue weighted by Crippen LogP contribution is -2.51. The van der Waals surface area contributed by atoms with Gasteiger partial charge < -0.3 is 10.5 Å². The van der Waals surface area contributed by atoms with Crippen LogP contribution >= 0.6 is 0 Å². The maximum absolute atomic E-state index is 11.8. The van der Waals surface area contributed by atoms with Gasteiger partial charge in [0.05, 0.1) is 11.8 Å². The highest BCUT2D eigenvalue weighted by Gasteiger charge is 2.30. The summed E-state index contributed by atoms with van der Waals surface area (Å²) in [7, 11) is 0. The molecule has 2 unspecified atom stereocenters. The Hall–Kier alpha value is -1.10. The second kappa shape index (κ2) is 6.59. The van der Waals surface area contributed by atoms with Gasteiger partial charge in [0.25, 0.3) is 0 Å². The average molecular weight is 241 g/mol. The lowest BCUT2D eigenvalue weighted by molar-refractivity contribution is -0.126. The minimum absolute atomic E-state index is 0.0757. The first kappa shape index (κ1) is 14.0. The summed E-state index contributed by atoms with van der Waals surface area (Å²) in [6, 6.07) is -0.107. The SMILES string of the molecule is CCNC(=O)C(C)N1CCC(=NO)C(CC)C1. The van der Waals surface area contributed by atoms with Crippen molar-refractivity contribution in [2.24, 2.45) is 11.1 Å². The van der Waals surface area contributed by atoms with Gasteiger partial charge in [0, 0.05) is 32.0 Å². The molecule has 17 heavy (non-hydrogen) atoms. The highest BCUT2D eigenvalue weighted by atomic mass is 16.4. The Morgan fingerprint density at radius 1 is 1.65 bits per heavy atom. The normalized spacial score (nSPS) is 25.8. The van der Waals surface area contributed by atoms with Gasteiger partial charge in [-0.1, -0.05) is 12.1 Å². The summed E-state index contributed by atoms with van der Waals surface area (Å²) in [6.07, 6.45) is 1.69. The third-order valence-corrected chi connectivity index (χ3v) is 3.48. The first-order valence-electron chi connectivity index (χ1n) is 6.36. The maximum Gasteiger partial charge on any atom is 0.237 e. The van der Waals surface area contributed by atoms with Gasteiger partial charge in [-0.15, -0.1) is 0 Å². The summed E-state index contributed by atoms with van der Waals surface area (Å²) >= 11 is 0. The number of likely N-dealkylation sites (tertiary alicyclic amines) is 1. The molecule has 1 fully saturated rings. The Morgan fingerprint density at radius 2 is 2.35 bits per heavy atom. The van der Waals surface area contributed by atoms with Crippen LogP contribution in [0.15, 0.2) is 5.16 Å². The van der Waals surface area contributed by atoms with E-state index in [1.807, 2.05) is 13.8 Å². The van der Waals surface area contributed by atoms with Crippen molar-refractivity contribution < 1.29 is 10.0 Å². The molecule has 5 heteroatoms. The number of nitrogens with one attached hydrogen (secondary N) is 1. The van der Waals surface area contributed by atoms with Crippen molar-refractivity contribution in [1.82, 2.24) is 10.2 Å². The Bertz CT molecular complexity index is 291. The molecule has 1 heterocycles. The zero-order valence-electron chi connectivity index (χ0n) is 10.9. The molecule has 1 amide bonds. The van der Waals surface area contributed by atoms with E-state index in [0.717, 1.165) is 31.6 Å². The maximum atomic E-state index is 11.8. The largest absolute Gasteiger partial charge is 0.411 e. The number of oxime groups is 1. The summed E-state index contributed by atoms with van der Waals surface area (Å²) in [5.41, 5.74) is 0.867. The first-order valence-corrected chi connectivity index (χ1v) is 6.36. The molecule has 1 saturated heterocycles. The van der Waals surface area contributed by atoms with Gasteiger partial charge in [-0.25, -0.2) is 0 Å². The summed E-state index contributed by atoms with van der Waals surface area (Å²) in [5, 5.41) is 15.1. The van der Waals surface area contributed by atoms with E-state index in [9.17, 15) is 4.79 Å². The number of amides is 1. The van der Waals surface area contributed by atoms with Crippen LogP contribution in [0, 0.1) is 5.92 Å². The molecule has 0 aromatic heterocycles. The smallest absolute Gasteiger partial charge is 0.237 e. The van der Waals surface area contributed by atoms with E-state index in [2.05, 4.69) is 22.3 Å². The van der Waals surface area contributed by atoms with E-state index in [1.165, 1.54) is 0 Å². The van der Waals surface area contributed by atoms with Crippen LogP contribution in [0.4, 0.5) is 0 Å². The van der Waals surface area contributed by atoms with E-state index < -0.39 is 0 Å². The molecule has 0 aromatic carbocycles. The van der Waals surface area contributed by atoms with Crippen molar-refractivity contribution in [2.45, 2.75) is 39.7 Å². The molecule has 1 aliphatic rings. The monoisotopic (exact) mass is 241 g/mol. The summed E-state index contributed by atoms with van der Waals surface area (Å²) in [4.78, 5) is 13.9. The number of hydrogen-bond acceptors (Lipinski definition) is 4. The van der Waals surface area contributed by atoms with Gasteiger partial charge >= 0.3 is 0 Å². The highest BCUT2D eigenvalue weighted by Crippen LogP contribution is 2.19. The number of carbonyl (C=O) groups excluding carboxylic acids is 1. The van der Waals surface area contributed by atoms with Gasteiger partial charge in [0.2, 0.25) is 5.91 Å². The molecular formula is C12H23N3O2. The Labute approximate surface area is 103 Å². The van der Waals surface area contributed by atoms with Crippen molar-refractivity contribution in [3.63, 3.8) is 0 Å². The number of nitrogens with zero attached hydrogens (tertiary/aromatic N) is 2. The Morgan fingerprint density at radius 3 is 2.88 bits per heavy atom. The minimum Gasteiger partial charge on any atom is -0.411 e. The zero-order chi connectivity index (χ0) is 12.8. The molecule has 0 aromatic rings. The second-order valence-electron chi connectivity index (χ2n) is 4.51. The lowest BCUT2D eigenvalue weighted by atomic mass is 9.92. The molecule has 0 aliphatic carbocycles. The van der Waals surface area contributed by atoms with Gasteiger partial charge in [0.1, 0.15) is 0 Å². The highest BCUT2D eigenvalue weighted by molar-refractivity contribution is 5.88. The van der Waals surface area contributed by atoms with Crippen LogP contribution in [0.5, 0.6) is 0 Å². The van der Waals surface area contributed by atoms with Crippen LogP contribution in [0.3, 0.4) is 0 Å². The van der Waals surface area contributed by atoms with E-state index in [4.69, 9.17) is 5.21 Å². The van der Waals surface area contributed by atoms with Crippen molar-refractivity contribution in [1.29, 1.82) is 0 Å². The van der Waals surface area contributed by atoms with Crippen LogP contribution in [0.25, 0.3) is 0 Å². The summed E-state index contributed by atoms with van der Waals surface area (Å²) < 4.78 is 0. The van der Waals surface area contributed by atoms with Gasteiger partial charge in [-0.3, -0.25) is 9.69 Å². The number of rotatable bonds is 4. The van der Waals surface area contributed by atoms with Gasteiger partial charge in [-0.05, 0) is 20.3 Å². The quantitative estimate of drug-likeness (QED) is 0.571. The van der Waals surface area contributed by atoms with Gasteiger partial charge in [0.15, 0.2) is 0 Å². The molecule has 0 saturated carbocycles. The van der Waals surface area contributed by atoms with Crippen LogP contribution in [-0.4, -0.2) is 47.4 Å². The Kier molecular flexibility index (Phi) is 5.41. The summed E-state index contributed by atoms with van der Waals surface area (Å²) in [5.74, 6) is 0.345. The molecule has 0 radical (unpaired) electrons. The van der Waals surface area contributed by atoms with Crippen molar-refractivity contribution in [3.8, 4) is 0 Å². The zero-order valence-corrected chi connectivity index (χ0v) is 10.9. The molecule has 0 bridgehead atoms. The van der Waals surface area contributed by atoms with E-state index in [0.29, 0.717) is 6.54 Å². The lowest BCUT2D eigenvalue weighted by Gasteiger charge is -2.36. The van der Waals surface area contributed by atoms with Crippen molar-refractivity contribution >= 4 is 11.6 Å². The van der Waals surface area contributed by atoms with E-state index >= 15 is 0 Å². The van der Waals surface area contributed by atoms with E-state index in [-0.39, 0.29) is 17.9 Å². The Balaban J connectivity index is 2.60. The topological polar surface area (TPSA) is 64.9 Å². The minimum atomic E-state index is -0.107. The van der Waals surface area contributed by atoms with Crippen LogP contribution in [0.1, 0.15) is 33.6 Å². The third-order valence-electron chi connectivity index (χ3n) is 3.48. The van der Waals surface area contributed by atoms with E-state index in [1.54, 1.807) is 0 Å². The molecule has 2 atom stereocenters. The van der Waals surface area contributed by atoms with Crippen molar-refractivity contribution in [2.75, 3.05) is 19.6 Å². The van der Waals surface area contributed by atoms with Crippen molar-refractivity contribution in [3.05, 3.63) is 0 Å². The average Bonchev–Trinajstić information content (AvgIpc) is 2.37. The number of likely N-dealkylation sites (N-methyl/N-ethyl adjacent to an activating group) is 1. The third kappa shape index (κ3) is 3.43. The van der Waals surface area contributed by atoms with Crippen LogP contribution in [0.2, 0.25) is 0 Å². The van der Waals surface area contributed by atoms with Crippen LogP contribution < -0.4 is 5.32 Å². The van der Waals surface area contributed by atoms with Crippen LogP contribution in [-0.2, 0) is 4.79 Å². The fourth-order valence-electron chi connectivity index (χ4n) is 2.28. The fraction of sp³-hybridized carbons (Fsp3) is 0.833. The molecule has 5 nitrogen and oxygen atoms in total. The predicted octanol–water partition coefficient (Wildman–Crippen LogP) is 1.07. The first-order chi connectivity index (χ1) is 8.13. The molecule has 98 valence electrons. The number of carbonyl (C=O) groups is 1. The van der Waals surface area contributed by atoms with Gasteiger partial charge in [-0.2, -0.15) is 0 Å². The number of hydrogen-bond donors (Lipinski definition) is 2. The second-order valence-corrected chi connectivity index (χ2v) is 4.51. The summed E-state index contributed by atoms with van der Waals surface area (Å²) in [6.45, 7) is 8.18. The predicted molar refractivity (Wildman–Crippen MR) is 67.3 cm³/mol. The fourth-order valence-corrected chi connectivity index (χ4v) is 2.28. The molecule has 0 spiro atoms. The molecular weight excluding hydrogens is 218 g/mol. The molecule has 2 N–H and O–H groups in total.